The molecule has 0 spiro atoms. The molecule has 0 bridgehead atoms. The molecule has 37 heavy (non-hydrogen) atoms. The number of aliphatic carboxylic acids is 1. The van der Waals surface area contributed by atoms with Crippen molar-refractivity contribution in [3.05, 3.63) is 41.5 Å². The van der Waals surface area contributed by atoms with Crippen molar-refractivity contribution in [3.63, 3.8) is 0 Å². The fraction of sp³-hybridized carbons (Fsp3) is 0.500. The minimum absolute atomic E-state index is 0.00819. The molecule has 4 atom stereocenters. The molecule has 2 aliphatic rings. The Morgan fingerprint density at radius 3 is 2.81 bits per heavy atom. The van der Waals surface area contributed by atoms with E-state index >= 15 is 0 Å². The van der Waals surface area contributed by atoms with Gasteiger partial charge in [-0.2, -0.15) is 4.98 Å². The molecule has 10 nitrogen and oxygen atoms in total. The highest BCUT2D eigenvalue weighted by Crippen LogP contribution is 2.52. The molecule has 0 aliphatic heterocycles. The van der Waals surface area contributed by atoms with Gasteiger partial charge in [-0.25, -0.2) is 32.6 Å². The first-order chi connectivity index (χ1) is 17.7. The van der Waals surface area contributed by atoms with E-state index in [-0.39, 0.29) is 31.1 Å². The molecule has 2 fully saturated rings. The number of hydrogen-bond acceptors (Lipinski definition) is 8. The van der Waals surface area contributed by atoms with Gasteiger partial charge in [-0.1, -0.05) is 5.21 Å². The average molecular weight is 518 g/mol. The van der Waals surface area contributed by atoms with Gasteiger partial charge in [0.05, 0.1) is 17.5 Å². The van der Waals surface area contributed by atoms with Crippen molar-refractivity contribution in [1.29, 1.82) is 0 Å². The molecule has 0 aromatic carbocycles. The van der Waals surface area contributed by atoms with Crippen LogP contribution in [0.15, 0.2) is 24.4 Å². The van der Waals surface area contributed by atoms with Crippen LogP contribution in [-0.4, -0.2) is 52.8 Å². The zero-order valence-corrected chi connectivity index (χ0v) is 20.1. The fourth-order valence-electron chi connectivity index (χ4n) is 5.30. The Balaban J connectivity index is 1.29. The largest absolute Gasteiger partial charge is 0.489 e. The molecule has 5 rings (SSSR count). The molecular weight excluding hydrogens is 493 g/mol. The molecule has 196 valence electrons. The molecular formula is C24H25F3N6O4. The Bertz CT molecular complexity index is 1320. The molecule has 0 amide bonds. The van der Waals surface area contributed by atoms with Gasteiger partial charge in [0, 0.05) is 19.2 Å². The van der Waals surface area contributed by atoms with Gasteiger partial charge < -0.3 is 14.6 Å². The van der Waals surface area contributed by atoms with E-state index in [1.807, 2.05) is 0 Å². The number of carboxylic acids is 1. The second-order valence-electron chi connectivity index (χ2n) is 9.43. The van der Waals surface area contributed by atoms with Crippen LogP contribution in [0.1, 0.15) is 49.2 Å². The third kappa shape index (κ3) is 4.69. The Kier molecular flexibility index (Phi) is 6.46. The van der Waals surface area contributed by atoms with E-state index in [4.69, 9.17) is 9.47 Å². The van der Waals surface area contributed by atoms with Gasteiger partial charge in [-0.05, 0) is 56.7 Å². The summed E-state index contributed by atoms with van der Waals surface area (Å²) in [4.78, 5) is 23.6. The molecule has 1 N–H and O–H groups in total. The van der Waals surface area contributed by atoms with Gasteiger partial charge >= 0.3 is 12.0 Å². The Labute approximate surface area is 209 Å². The molecule has 3 aromatic rings. The normalized spacial score (nSPS) is 24.9. The van der Waals surface area contributed by atoms with Gasteiger partial charge in [0.2, 0.25) is 5.67 Å². The Morgan fingerprint density at radius 1 is 1.27 bits per heavy atom. The van der Waals surface area contributed by atoms with Crippen molar-refractivity contribution in [2.45, 2.75) is 57.4 Å². The molecule has 2 aliphatic carbocycles. The van der Waals surface area contributed by atoms with E-state index in [2.05, 4.69) is 25.3 Å². The quantitative estimate of drug-likeness (QED) is 0.473. The number of halogens is 3. The number of nitrogens with zero attached hydrogens (tertiary/aromatic N) is 6. The van der Waals surface area contributed by atoms with E-state index in [1.165, 1.54) is 10.9 Å². The number of ether oxygens (including phenoxy) is 2. The zero-order chi connectivity index (χ0) is 26.3. The van der Waals surface area contributed by atoms with E-state index in [0.29, 0.717) is 47.8 Å². The predicted octanol–water partition coefficient (Wildman–Crippen LogP) is 3.85. The van der Waals surface area contributed by atoms with Crippen molar-refractivity contribution in [2.75, 3.05) is 0 Å². The Morgan fingerprint density at radius 2 is 2.08 bits per heavy atom. The van der Waals surface area contributed by atoms with Crippen LogP contribution in [0.4, 0.5) is 13.2 Å². The molecule has 2 saturated carbocycles. The van der Waals surface area contributed by atoms with Gasteiger partial charge in [-0.3, -0.25) is 0 Å². The first-order valence-electron chi connectivity index (χ1n) is 11.8. The van der Waals surface area contributed by atoms with E-state index in [9.17, 15) is 23.1 Å². The van der Waals surface area contributed by atoms with E-state index < -0.39 is 29.7 Å². The van der Waals surface area contributed by atoms with Crippen LogP contribution in [0, 0.1) is 18.8 Å². The lowest BCUT2D eigenvalue weighted by atomic mass is 9.89. The van der Waals surface area contributed by atoms with Crippen LogP contribution in [0.3, 0.4) is 0 Å². The summed E-state index contributed by atoms with van der Waals surface area (Å²) < 4.78 is 53.9. The summed E-state index contributed by atoms with van der Waals surface area (Å²) in [5.41, 5.74) is -0.590. The number of carbonyl (C=O) groups is 1. The highest BCUT2D eigenvalue weighted by atomic mass is 19.3. The number of carboxylic acid groups (broad SMARTS) is 1. The van der Waals surface area contributed by atoms with Gasteiger partial charge in [0.25, 0.3) is 6.43 Å². The monoisotopic (exact) mass is 518 g/mol. The predicted molar refractivity (Wildman–Crippen MR) is 122 cm³/mol. The second-order valence-corrected chi connectivity index (χ2v) is 9.43. The molecule has 3 heterocycles. The van der Waals surface area contributed by atoms with Gasteiger partial charge in [0.15, 0.2) is 0 Å². The summed E-state index contributed by atoms with van der Waals surface area (Å²) in [5.74, 6) is -1.42. The van der Waals surface area contributed by atoms with Gasteiger partial charge in [-0.15, -0.1) is 5.10 Å². The standard InChI is InChI=1S/C24H25F3N6O4/c1-12-19(37-14-9-13-5-7-24(27,22(34)35)15(13)10-14)4-3-16(29-12)20-18(33(2)32-31-20)11-36-23-28-8-6-17(30-23)21(25)26/h3-4,6,8,13-15,21H,5,7,9-11H2,1-2H3,(H,34,35)/t13-,14+,15+,24-/m1/s1. The summed E-state index contributed by atoms with van der Waals surface area (Å²) in [6.45, 7) is 1.69. The summed E-state index contributed by atoms with van der Waals surface area (Å²) in [6, 6.07) is 4.36. The maximum atomic E-state index is 15.0. The molecule has 3 aromatic heterocycles. The first-order valence-corrected chi connectivity index (χ1v) is 11.8. The number of fused-ring (bicyclic) bond motifs is 1. The third-order valence-electron chi connectivity index (χ3n) is 7.21. The van der Waals surface area contributed by atoms with E-state index in [1.54, 1.807) is 26.1 Å². The first kappa shape index (κ1) is 24.9. The lowest BCUT2D eigenvalue weighted by Crippen LogP contribution is -2.38. The molecule has 0 saturated heterocycles. The highest BCUT2D eigenvalue weighted by Gasteiger charge is 2.58. The number of pyridine rings is 1. The van der Waals surface area contributed by atoms with Crippen LogP contribution in [0.5, 0.6) is 11.8 Å². The molecule has 0 unspecified atom stereocenters. The minimum atomic E-state index is -2.74. The van der Waals surface area contributed by atoms with Crippen LogP contribution >= 0.6 is 0 Å². The lowest BCUT2D eigenvalue weighted by Gasteiger charge is -2.22. The lowest BCUT2D eigenvalue weighted by molar-refractivity contribution is -0.153. The van der Waals surface area contributed by atoms with Crippen molar-refractivity contribution < 1.29 is 32.5 Å². The maximum Gasteiger partial charge on any atom is 0.341 e. The summed E-state index contributed by atoms with van der Waals surface area (Å²) in [7, 11) is 1.66. The van der Waals surface area contributed by atoms with Crippen molar-refractivity contribution in [1.82, 2.24) is 29.9 Å². The number of rotatable bonds is 8. The summed E-state index contributed by atoms with van der Waals surface area (Å²) in [6.07, 6.45) is -0.303. The van der Waals surface area contributed by atoms with Crippen molar-refractivity contribution in [3.8, 4) is 23.1 Å². The topological polar surface area (TPSA) is 125 Å². The third-order valence-corrected chi connectivity index (χ3v) is 7.21. The van der Waals surface area contributed by atoms with Crippen molar-refractivity contribution in [2.24, 2.45) is 18.9 Å². The van der Waals surface area contributed by atoms with Gasteiger partial charge in [0.1, 0.15) is 29.4 Å². The van der Waals surface area contributed by atoms with Crippen LogP contribution in [0.25, 0.3) is 11.4 Å². The second kappa shape index (κ2) is 9.60. The number of aryl methyl sites for hydroxylation is 2. The zero-order valence-electron chi connectivity index (χ0n) is 20.1. The minimum Gasteiger partial charge on any atom is -0.489 e. The SMILES string of the molecule is Cc1nc(-c2nnn(C)c2COc2nccc(C(F)F)n2)ccc1O[C@H]1C[C@H]2CC[C@](F)(C(=O)O)[C@H]2C1. The van der Waals surface area contributed by atoms with Crippen LogP contribution < -0.4 is 9.47 Å². The highest BCUT2D eigenvalue weighted by molar-refractivity contribution is 5.78. The van der Waals surface area contributed by atoms with E-state index in [0.717, 1.165) is 6.07 Å². The summed E-state index contributed by atoms with van der Waals surface area (Å²) in [5, 5.41) is 17.5. The summed E-state index contributed by atoms with van der Waals surface area (Å²) >= 11 is 0. The van der Waals surface area contributed by atoms with Crippen molar-refractivity contribution >= 4 is 5.97 Å². The fourth-order valence-corrected chi connectivity index (χ4v) is 5.30. The van der Waals surface area contributed by atoms with Crippen LogP contribution in [-0.2, 0) is 18.4 Å². The maximum absolute atomic E-state index is 15.0. The van der Waals surface area contributed by atoms with Crippen LogP contribution in [0.2, 0.25) is 0 Å². The smallest absolute Gasteiger partial charge is 0.341 e. The number of aromatic nitrogens is 6. The number of alkyl halides is 3. The molecule has 13 heteroatoms. The number of hydrogen-bond donors (Lipinski definition) is 1. The molecule has 0 radical (unpaired) electrons. The average Bonchev–Trinajstić information content (AvgIpc) is 3.54. The Hall–Kier alpha value is -3.77.